The van der Waals surface area contributed by atoms with Crippen molar-refractivity contribution in [3.8, 4) is 5.69 Å². The van der Waals surface area contributed by atoms with Gasteiger partial charge >= 0.3 is 0 Å². The fourth-order valence-corrected chi connectivity index (χ4v) is 2.50. The van der Waals surface area contributed by atoms with E-state index < -0.39 is 0 Å². The molecule has 2 rings (SSSR count). The van der Waals surface area contributed by atoms with Gasteiger partial charge in [-0.2, -0.15) is 0 Å². The summed E-state index contributed by atoms with van der Waals surface area (Å²) in [6.07, 6.45) is 6.51. The minimum Gasteiger partial charge on any atom is -0.380 e. The molecule has 102 valence electrons. The average molecular weight is 278 g/mol. The minimum atomic E-state index is 0.431. The summed E-state index contributed by atoms with van der Waals surface area (Å²) >= 11 is 6.34. The molecule has 1 aromatic carbocycles. The van der Waals surface area contributed by atoms with Crippen LogP contribution in [0.4, 0.5) is 5.69 Å². The van der Waals surface area contributed by atoms with Gasteiger partial charge in [-0.05, 0) is 24.5 Å². The van der Waals surface area contributed by atoms with Gasteiger partial charge in [0.2, 0.25) is 0 Å². The second kappa shape index (κ2) is 6.11. The molecule has 0 aliphatic heterocycles. The Morgan fingerprint density at radius 3 is 2.74 bits per heavy atom. The molecule has 0 bridgehead atoms. The second-order valence-corrected chi connectivity index (χ2v) is 5.42. The Labute approximate surface area is 119 Å². The number of imidazole rings is 1. The Bertz CT molecular complexity index is 520. The zero-order valence-corrected chi connectivity index (χ0v) is 12.4. The van der Waals surface area contributed by atoms with Gasteiger partial charge in [-0.15, -0.1) is 0 Å². The molecule has 0 radical (unpaired) electrons. The maximum atomic E-state index is 6.34. The number of nitrogens with one attached hydrogen (secondary N) is 1. The van der Waals surface area contributed by atoms with E-state index in [1.807, 2.05) is 22.9 Å². The first kappa shape index (κ1) is 13.9. The number of benzene rings is 1. The molecule has 1 atom stereocenters. The van der Waals surface area contributed by atoms with E-state index in [4.69, 9.17) is 11.6 Å². The highest BCUT2D eigenvalue weighted by Crippen LogP contribution is 2.29. The van der Waals surface area contributed by atoms with E-state index >= 15 is 0 Å². The summed E-state index contributed by atoms with van der Waals surface area (Å²) in [6, 6.07) is 6.36. The maximum absolute atomic E-state index is 6.34. The van der Waals surface area contributed by atoms with E-state index in [1.54, 1.807) is 12.5 Å². The Hall–Kier alpha value is -1.48. The molecule has 1 unspecified atom stereocenters. The van der Waals surface area contributed by atoms with Crippen molar-refractivity contribution in [2.45, 2.75) is 33.2 Å². The van der Waals surface area contributed by atoms with Crippen LogP contribution in [0.1, 0.15) is 27.2 Å². The zero-order chi connectivity index (χ0) is 13.8. The summed E-state index contributed by atoms with van der Waals surface area (Å²) in [5, 5.41) is 4.32. The summed E-state index contributed by atoms with van der Waals surface area (Å²) in [7, 11) is 0. The van der Waals surface area contributed by atoms with Crippen LogP contribution >= 0.6 is 11.6 Å². The highest BCUT2D eigenvalue weighted by atomic mass is 35.5. The molecule has 19 heavy (non-hydrogen) atoms. The lowest BCUT2D eigenvalue weighted by molar-refractivity contribution is 0.511. The number of nitrogens with zero attached hydrogens (tertiary/aromatic N) is 2. The number of anilines is 1. The van der Waals surface area contributed by atoms with Gasteiger partial charge in [0.25, 0.3) is 0 Å². The molecule has 3 nitrogen and oxygen atoms in total. The summed E-state index contributed by atoms with van der Waals surface area (Å²) < 4.78 is 1.94. The van der Waals surface area contributed by atoms with E-state index in [0.717, 1.165) is 22.8 Å². The Balaban J connectivity index is 2.38. The third kappa shape index (κ3) is 3.10. The monoisotopic (exact) mass is 277 g/mol. The first-order valence-corrected chi connectivity index (χ1v) is 7.04. The van der Waals surface area contributed by atoms with Crippen molar-refractivity contribution < 1.29 is 0 Å². The Morgan fingerprint density at radius 2 is 2.16 bits per heavy atom. The average Bonchev–Trinajstić information content (AvgIpc) is 2.89. The number of aromatic nitrogens is 2. The molecule has 1 aromatic heterocycles. The van der Waals surface area contributed by atoms with Crippen LogP contribution in [-0.2, 0) is 0 Å². The van der Waals surface area contributed by atoms with Gasteiger partial charge in [0, 0.05) is 18.4 Å². The standard InChI is InChI=1S/C15H20ClN3/c1-4-13(11(2)3)18-14-7-5-6-12(16)15(14)19-9-8-17-10-19/h5-11,13,18H,4H2,1-3H3. The van der Waals surface area contributed by atoms with Crippen molar-refractivity contribution in [3.63, 3.8) is 0 Å². The number of hydrogen-bond acceptors (Lipinski definition) is 2. The Kier molecular flexibility index (Phi) is 4.48. The van der Waals surface area contributed by atoms with E-state index in [9.17, 15) is 0 Å². The summed E-state index contributed by atoms with van der Waals surface area (Å²) in [5.41, 5.74) is 2.01. The van der Waals surface area contributed by atoms with Gasteiger partial charge in [-0.25, -0.2) is 4.98 Å². The topological polar surface area (TPSA) is 29.9 Å². The molecule has 1 heterocycles. The van der Waals surface area contributed by atoms with Gasteiger partial charge in [0.1, 0.15) is 0 Å². The van der Waals surface area contributed by atoms with Crippen LogP contribution in [0.2, 0.25) is 5.02 Å². The van der Waals surface area contributed by atoms with Gasteiger partial charge in [-0.1, -0.05) is 38.4 Å². The number of halogens is 1. The molecular formula is C15H20ClN3. The molecule has 0 amide bonds. The number of rotatable bonds is 5. The van der Waals surface area contributed by atoms with Gasteiger partial charge in [-0.3, -0.25) is 0 Å². The van der Waals surface area contributed by atoms with Gasteiger partial charge in [0.15, 0.2) is 0 Å². The molecule has 1 N–H and O–H groups in total. The predicted molar refractivity (Wildman–Crippen MR) is 81.1 cm³/mol. The van der Waals surface area contributed by atoms with Gasteiger partial charge < -0.3 is 9.88 Å². The van der Waals surface area contributed by atoms with Crippen LogP contribution in [0.25, 0.3) is 5.69 Å². The highest BCUT2D eigenvalue weighted by Gasteiger charge is 2.15. The first-order valence-electron chi connectivity index (χ1n) is 6.66. The van der Waals surface area contributed by atoms with Crippen molar-refractivity contribution >= 4 is 17.3 Å². The van der Waals surface area contributed by atoms with Crippen molar-refractivity contribution in [1.29, 1.82) is 0 Å². The first-order chi connectivity index (χ1) is 9.13. The van der Waals surface area contributed by atoms with Crippen molar-refractivity contribution in [3.05, 3.63) is 41.9 Å². The van der Waals surface area contributed by atoms with Gasteiger partial charge in [0.05, 0.1) is 22.7 Å². The SMILES string of the molecule is CCC(Nc1cccc(Cl)c1-n1ccnc1)C(C)C. The third-order valence-corrected chi connectivity index (χ3v) is 3.64. The predicted octanol–water partition coefficient (Wildman–Crippen LogP) is 4.37. The van der Waals surface area contributed by atoms with E-state index in [-0.39, 0.29) is 0 Å². The fourth-order valence-electron chi connectivity index (χ4n) is 2.23. The number of hydrogen-bond donors (Lipinski definition) is 1. The zero-order valence-electron chi connectivity index (χ0n) is 11.6. The molecule has 0 spiro atoms. The normalized spacial score (nSPS) is 12.7. The van der Waals surface area contributed by atoms with Crippen LogP contribution in [-0.4, -0.2) is 15.6 Å². The molecule has 0 fully saturated rings. The number of para-hydroxylation sites is 1. The van der Waals surface area contributed by atoms with Crippen LogP contribution in [0.3, 0.4) is 0 Å². The molecule has 0 aliphatic rings. The highest BCUT2D eigenvalue weighted by molar-refractivity contribution is 6.33. The minimum absolute atomic E-state index is 0.431. The summed E-state index contributed by atoms with van der Waals surface area (Å²) in [6.45, 7) is 6.64. The Morgan fingerprint density at radius 1 is 1.37 bits per heavy atom. The van der Waals surface area contributed by atoms with E-state index in [2.05, 4.69) is 37.1 Å². The van der Waals surface area contributed by atoms with E-state index in [0.29, 0.717) is 12.0 Å². The quantitative estimate of drug-likeness (QED) is 0.879. The third-order valence-electron chi connectivity index (χ3n) is 3.33. The molecule has 2 aromatic rings. The molecule has 0 saturated carbocycles. The molecule has 4 heteroatoms. The summed E-state index contributed by atoms with van der Waals surface area (Å²) in [4.78, 5) is 4.09. The fraction of sp³-hybridized carbons (Fsp3) is 0.400. The summed E-state index contributed by atoms with van der Waals surface area (Å²) in [5.74, 6) is 0.569. The van der Waals surface area contributed by atoms with E-state index in [1.165, 1.54) is 0 Å². The second-order valence-electron chi connectivity index (χ2n) is 5.01. The molecule has 0 saturated heterocycles. The lowest BCUT2D eigenvalue weighted by Crippen LogP contribution is -2.25. The van der Waals surface area contributed by atoms with Crippen molar-refractivity contribution in [2.24, 2.45) is 5.92 Å². The van der Waals surface area contributed by atoms with Crippen LogP contribution in [0.15, 0.2) is 36.9 Å². The van der Waals surface area contributed by atoms with Crippen LogP contribution < -0.4 is 5.32 Å². The van der Waals surface area contributed by atoms with Crippen molar-refractivity contribution in [2.75, 3.05) is 5.32 Å². The smallest absolute Gasteiger partial charge is 0.0992 e. The maximum Gasteiger partial charge on any atom is 0.0992 e. The van der Waals surface area contributed by atoms with Crippen LogP contribution in [0, 0.1) is 5.92 Å². The lowest BCUT2D eigenvalue weighted by Gasteiger charge is -2.24. The van der Waals surface area contributed by atoms with Crippen LogP contribution in [0.5, 0.6) is 0 Å². The van der Waals surface area contributed by atoms with Crippen molar-refractivity contribution in [1.82, 2.24) is 9.55 Å². The molecule has 0 aliphatic carbocycles. The lowest BCUT2D eigenvalue weighted by atomic mass is 10.0. The molecular weight excluding hydrogens is 258 g/mol. The largest absolute Gasteiger partial charge is 0.380 e.